The van der Waals surface area contributed by atoms with Gasteiger partial charge in [0.1, 0.15) is 0 Å². The first-order chi connectivity index (χ1) is 12.9. The second-order valence-electron chi connectivity index (χ2n) is 6.71. The highest BCUT2D eigenvalue weighted by molar-refractivity contribution is 5.31. The Kier molecular flexibility index (Phi) is 31.0. The molecule has 1 rings (SSSR count). The molecule has 162 valence electrons. The topological polar surface area (TPSA) is 0 Å². The van der Waals surface area contributed by atoms with Crippen LogP contribution in [-0.4, -0.2) is 0 Å². The monoisotopic (exact) mass is 378 g/mol. The molecule has 0 aliphatic rings. The maximum atomic E-state index is 3.73. The quantitative estimate of drug-likeness (QED) is 0.414. The molecule has 0 fully saturated rings. The minimum Gasteiger partial charge on any atom is -0.103 e. The first kappa shape index (κ1) is 33.5. The van der Waals surface area contributed by atoms with Crippen LogP contribution in [0.15, 0.2) is 30.9 Å². The molecule has 0 aliphatic heterocycles. The van der Waals surface area contributed by atoms with Crippen molar-refractivity contribution in [2.45, 2.75) is 122 Å². The van der Waals surface area contributed by atoms with E-state index in [4.69, 9.17) is 0 Å². The molecule has 1 aromatic carbocycles. The third-order valence-electron chi connectivity index (χ3n) is 4.31. The van der Waals surface area contributed by atoms with Crippen LogP contribution in [0.1, 0.15) is 119 Å². The van der Waals surface area contributed by atoms with Gasteiger partial charge in [-0.15, -0.1) is 6.58 Å². The summed E-state index contributed by atoms with van der Waals surface area (Å²) in [6.45, 7) is 29.3. The van der Waals surface area contributed by atoms with Crippen molar-refractivity contribution in [1.29, 1.82) is 0 Å². The maximum absolute atomic E-state index is 3.73. The summed E-state index contributed by atoms with van der Waals surface area (Å²) in [7, 11) is 0. The molecule has 27 heavy (non-hydrogen) atoms. The Balaban J connectivity index is -0.000000163. The predicted molar refractivity (Wildman–Crippen MR) is 132 cm³/mol. The lowest BCUT2D eigenvalue weighted by Gasteiger charge is -2.20. The zero-order valence-electron chi connectivity index (χ0n) is 21.3. The molecule has 0 aliphatic carbocycles. The predicted octanol–water partition coefficient (Wildman–Crippen LogP) is 9.98. The van der Waals surface area contributed by atoms with E-state index in [9.17, 15) is 0 Å². The van der Waals surface area contributed by atoms with E-state index in [1.54, 1.807) is 0 Å². The summed E-state index contributed by atoms with van der Waals surface area (Å²) in [6, 6.07) is 6.77. The number of rotatable bonds is 7. The van der Waals surface area contributed by atoms with Crippen molar-refractivity contribution in [2.75, 3.05) is 0 Å². The molecule has 0 N–H and O–H groups in total. The number of benzene rings is 1. The summed E-state index contributed by atoms with van der Waals surface area (Å²) >= 11 is 0. The van der Waals surface area contributed by atoms with Gasteiger partial charge in [0.2, 0.25) is 0 Å². The van der Waals surface area contributed by atoms with Gasteiger partial charge in [-0.1, -0.05) is 113 Å². The van der Waals surface area contributed by atoms with Crippen molar-refractivity contribution in [3.8, 4) is 0 Å². The third kappa shape index (κ3) is 21.1. The molecule has 0 atom stereocenters. The number of hydrogen-bond donors (Lipinski definition) is 0. The molecule has 0 bridgehead atoms. The van der Waals surface area contributed by atoms with Crippen LogP contribution in [0.25, 0.3) is 0 Å². The van der Waals surface area contributed by atoms with Gasteiger partial charge in [-0.3, -0.25) is 0 Å². The van der Waals surface area contributed by atoms with Crippen molar-refractivity contribution in [3.63, 3.8) is 0 Å². The minimum absolute atomic E-state index is 0.592. The normalized spacial score (nSPS) is 9.04. The van der Waals surface area contributed by atoms with E-state index in [-0.39, 0.29) is 0 Å². The van der Waals surface area contributed by atoms with Crippen molar-refractivity contribution in [1.82, 2.24) is 0 Å². The Morgan fingerprint density at radius 1 is 0.926 bits per heavy atom. The van der Waals surface area contributed by atoms with Gasteiger partial charge >= 0.3 is 0 Å². The second kappa shape index (κ2) is 25.0. The Labute approximate surface area is 174 Å². The molecular weight excluding hydrogens is 324 g/mol. The summed E-state index contributed by atoms with van der Waals surface area (Å²) in [5.41, 5.74) is 4.90. The molecule has 0 radical (unpaired) electrons. The summed E-state index contributed by atoms with van der Waals surface area (Å²) in [5.74, 6) is 0. The summed E-state index contributed by atoms with van der Waals surface area (Å²) in [6.07, 6.45) is 9.29. The van der Waals surface area contributed by atoms with E-state index >= 15 is 0 Å². The molecule has 0 nitrogen and oxygen atoms in total. The molecule has 0 heteroatoms. The smallest absolute Gasteiger partial charge is 0.0244 e. The van der Waals surface area contributed by atoms with Crippen molar-refractivity contribution in [3.05, 3.63) is 47.5 Å². The van der Waals surface area contributed by atoms with E-state index in [0.717, 1.165) is 19.3 Å². The molecule has 0 saturated heterocycles. The Morgan fingerprint density at radius 3 is 1.74 bits per heavy atom. The third-order valence-corrected chi connectivity index (χ3v) is 4.31. The fourth-order valence-corrected chi connectivity index (χ4v) is 2.43. The number of hydrogen-bond acceptors (Lipinski definition) is 0. The van der Waals surface area contributed by atoms with Crippen LogP contribution in [0.2, 0.25) is 0 Å². The molecule has 0 aromatic heterocycles. The van der Waals surface area contributed by atoms with Crippen molar-refractivity contribution < 1.29 is 0 Å². The SMILES string of the molecule is C=CCCc1ccc(CC)c(C)c1.CC.CC.CC.CCCC(C)(C)CC. The van der Waals surface area contributed by atoms with E-state index in [0.29, 0.717) is 5.41 Å². The lowest BCUT2D eigenvalue weighted by Crippen LogP contribution is -2.07. The average Bonchev–Trinajstić information content (AvgIpc) is 2.71. The Morgan fingerprint density at radius 2 is 1.44 bits per heavy atom. The lowest BCUT2D eigenvalue weighted by atomic mass is 9.86. The first-order valence-electron chi connectivity index (χ1n) is 11.6. The van der Waals surface area contributed by atoms with Crippen LogP contribution in [0.5, 0.6) is 0 Å². The zero-order valence-corrected chi connectivity index (χ0v) is 21.3. The van der Waals surface area contributed by atoms with Crippen molar-refractivity contribution >= 4 is 0 Å². The molecule has 1 aromatic rings. The first-order valence-corrected chi connectivity index (χ1v) is 11.6. The van der Waals surface area contributed by atoms with Gasteiger partial charge in [0, 0.05) is 0 Å². The Bertz CT molecular complexity index is 398. The van der Waals surface area contributed by atoms with E-state index in [1.807, 2.05) is 47.6 Å². The van der Waals surface area contributed by atoms with Crippen molar-refractivity contribution in [2.24, 2.45) is 5.41 Å². The summed E-state index contributed by atoms with van der Waals surface area (Å²) in [4.78, 5) is 0. The average molecular weight is 379 g/mol. The van der Waals surface area contributed by atoms with Gasteiger partial charge in [-0.05, 0) is 54.7 Å². The molecular formula is C27H54. The molecule has 0 amide bonds. The van der Waals surface area contributed by atoms with Gasteiger partial charge in [0.25, 0.3) is 0 Å². The molecule has 0 saturated carbocycles. The lowest BCUT2D eigenvalue weighted by molar-refractivity contribution is 0.319. The van der Waals surface area contributed by atoms with Gasteiger partial charge in [0.15, 0.2) is 0 Å². The van der Waals surface area contributed by atoms with Gasteiger partial charge in [0.05, 0.1) is 0 Å². The molecule has 0 heterocycles. The van der Waals surface area contributed by atoms with E-state index in [1.165, 1.54) is 36.0 Å². The van der Waals surface area contributed by atoms with Crippen LogP contribution >= 0.6 is 0 Å². The molecule has 0 unspecified atom stereocenters. The standard InChI is InChI=1S/C13H18.C8H18.3C2H6/c1-4-6-7-12-8-9-13(5-2)11(3)10-12;1-5-7-8(3,4)6-2;3*1-2/h4,8-10H,1,5-7H2,2-3H3;5-7H2,1-4H3;3*1-2H3. The number of aryl methyl sites for hydroxylation is 3. The summed E-state index contributed by atoms with van der Waals surface area (Å²) < 4.78 is 0. The van der Waals surface area contributed by atoms with Crippen LogP contribution in [0.3, 0.4) is 0 Å². The van der Waals surface area contributed by atoms with Gasteiger partial charge in [-0.25, -0.2) is 0 Å². The van der Waals surface area contributed by atoms with E-state index < -0.39 is 0 Å². The maximum Gasteiger partial charge on any atom is -0.0244 e. The molecule has 0 spiro atoms. The highest BCUT2D eigenvalue weighted by atomic mass is 14.2. The highest BCUT2D eigenvalue weighted by Crippen LogP contribution is 2.25. The summed E-state index contributed by atoms with van der Waals surface area (Å²) in [5, 5.41) is 0. The Hall–Kier alpha value is -1.04. The minimum atomic E-state index is 0.592. The number of allylic oxidation sites excluding steroid dienone is 1. The second-order valence-corrected chi connectivity index (χ2v) is 6.71. The highest BCUT2D eigenvalue weighted by Gasteiger charge is 2.11. The van der Waals surface area contributed by atoms with Crippen LogP contribution in [-0.2, 0) is 12.8 Å². The fourth-order valence-electron chi connectivity index (χ4n) is 2.43. The van der Waals surface area contributed by atoms with Crippen LogP contribution < -0.4 is 0 Å². The van der Waals surface area contributed by atoms with Gasteiger partial charge < -0.3 is 0 Å². The largest absolute Gasteiger partial charge is 0.103 e. The fraction of sp³-hybridized carbons (Fsp3) is 0.704. The zero-order chi connectivity index (χ0) is 22.3. The van der Waals surface area contributed by atoms with Crippen LogP contribution in [0.4, 0.5) is 0 Å². The van der Waals surface area contributed by atoms with Gasteiger partial charge in [-0.2, -0.15) is 0 Å². The van der Waals surface area contributed by atoms with Crippen LogP contribution in [0, 0.1) is 12.3 Å². The van der Waals surface area contributed by atoms with E-state index in [2.05, 4.69) is 66.3 Å².